The Kier molecular flexibility index (Phi) is 3.58. The van der Waals surface area contributed by atoms with Crippen molar-refractivity contribution in [1.82, 2.24) is 10.2 Å². The number of likely N-dealkylation sites (N-methyl/N-ethyl adjacent to an activating group) is 1. The zero-order valence-electron chi connectivity index (χ0n) is 9.81. The van der Waals surface area contributed by atoms with Crippen LogP contribution in [0, 0.1) is 0 Å². The van der Waals surface area contributed by atoms with Crippen molar-refractivity contribution in [1.29, 1.82) is 0 Å². The van der Waals surface area contributed by atoms with Gasteiger partial charge in [-0.3, -0.25) is 14.5 Å². The lowest BCUT2D eigenvalue weighted by Crippen LogP contribution is -2.41. The van der Waals surface area contributed by atoms with Gasteiger partial charge in [0.05, 0.1) is 12.6 Å². The van der Waals surface area contributed by atoms with Crippen LogP contribution in [0.1, 0.15) is 29.2 Å². The number of aldehydes is 1. The molecule has 92 valence electrons. The number of hydrogen-bond acceptors (Lipinski definition) is 4. The molecule has 1 aromatic rings. The highest BCUT2D eigenvalue weighted by Crippen LogP contribution is 2.20. The van der Waals surface area contributed by atoms with Gasteiger partial charge in [0.2, 0.25) is 5.91 Å². The monoisotopic (exact) mass is 236 g/mol. The Morgan fingerprint density at radius 1 is 1.65 bits per heavy atom. The first-order valence-electron chi connectivity index (χ1n) is 5.74. The number of nitrogens with one attached hydrogen (secondary N) is 1. The van der Waals surface area contributed by atoms with Crippen LogP contribution < -0.4 is 5.32 Å². The predicted molar refractivity (Wildman–Crippen MR) is 61.6 cm³/mol. The van der Waals surface area contributed by atoms with Crippen molar-refractivity contribution in [2.45, 2.75) is 25.4 Å². The van der Waals surface area contributed by atoms with E-state index >= 15 is 0 Å². The molecular weight excluding hydrogens is 220 g/mol. The maximum Gasteiger partial charge on any atom is 0.237 e. The SMILES string of the molecule is CNC(=O)C1CCCN1Cc1ccc(C=O)o1. The number of hydrogen-bond donors (Lipinski definition) is 1. The lowest BCUT2D eigenvalue weighted by molar-refractivity contribution is -0.125. The molecule has 1 fully saturated rings. The maximum absolute atomic E-state index is 11.6. The van der Waals surface area contributed by atoms with Crippen molar-refractivity contribution < 1.29 is 14.0 Å². The van der Waals surface area contributed by atoms with Gasteiger partial charge < -0.3 is 9.73 Å². The Morgan fingerprint density at radius 2 is 2.47 bits per heavy atom. The Balaban J connectivity index is 2.02. The Morgan fingerprint density at radius 3 is 3.12 bits per heavy atom. The van der Waals surface area contributed by atoms with Gasteiger partial charge in [0, 0.05) is 7.05 Å². The fraction of sp³-hybridized carbons (Fsp3) is 0.500. The van der Waals surface area contributed by atoms with Gasteiger partial charge in [-0.05, 0) is 31.5 Å². The zero-order chi connectivity index (χ0) is 12.3. The molecule has 0 bridgehead atoms. The van der Waals surface area contributed by atoms with Crippen molar-refractivity contribution in [2.75, 3.05) is 13.6 Å². The number of rotatable bonds is 4. The summed E-state index contributed by atoms with van der Waals surface area (Å²) in [6, 6.07) is 3.35. The first kappa shape index (κ1) is 11.9. The first-order chi connectivity index (χ1) is 8.24. The minimum Gasteiger partial charge on any atom is -0.457 e. The molecule has 2 rings (SSSR count). The average molecular weight is 236 g/mol. The van der Waals surface area contributed by atoms with Gasteiger partial charge in [0.1, 0.15) is 5.76 Å². The van der Waals surface area contributed by atoms with Crippen LogP contribution in [0.15, 0.2) is 16.5 Å². The maximum atomic E-state index is 11.6. The van der Waals surface area contributed by atoms with Crippen molar-refractivity contribution >= 4 is 12.2 Å². The quantitative estimate of drug-likeness (QED) is 0.785. The van der Waals surface area contributed by atoms with Crippen molar-refractivity contribution in [3.05, 3.63) is 23.7 Å². The van der Waals surface area contributed by atoms with Crippen LogP contribution in [0.4, 0.5) is 0 Å². The normalized spacial score (nSPS) is 20.4. The summed E-state index contributed by atoms with van der Waals surface area (Å²) in [5.74, 6) is 1.10. The third-order valence-electron chi connectivity index (χ3n) is 3.07. The highest BCUT2D eigenvalue weighted by molar-refractivity contribution is 5.81. The molecule has 0 radical (unpaired) electrons. The minimum atomic E-state index is -0.0789. The molecule has 1 amide bonds. The van der Waals surface area contributed by atoms with Crippen LogP contribution in [-0.2, 0) is 11.3 Å². The summed E-state index contributed by atoms with van der Waals surface area (Å²) in [5, 5.41) is 2.67. The van der Waals surface area contributed by atoms with Gasteiger partial charge in [0.25, 0.3) is 0 Å². The van der Waals surface area contributed by atoms with E-state index in [0.717, 1.165) is 25.1 Å². The molecular formula is C12H16N2O3. The summed E-state index contributed by atoms with van der Waals surface area (Å²) in [5.41, 5.74) is 0. The molecule has 1 aromatic heterocycles. The molecule has 1 N–H and O–H groups in total. The van der Waals surface area contributed by atoms with Crippen molar-refractivity contribution in [3.8, 4) is 0 Å². The number of carbonyl (C=O) groups excluding carboxylic acids is 2. The third kappa shape index (κ3) is 2.55. The average Bonchev–Trinajstić information content (AvgIpc) is 2.97. The van der Waals surface area contributed by atoms with E-state index in [1.54, 1.807) is 19.2 Å². The number of furan rings is 1. The van der Waals surface area contributed by atoms with Crippen LogP contribution in [0.5, 0.6) is 0 Å². The lowest BCUT2D eigenvalue weighted by atomic mass is 10.2. The van der Waals surface area contributed by atoms with E-state index in [9.17, 15) is 9.59 Å². The summed E-state index contributed by atoms with van der Waals surface area (Å²) in [7, 11) is 1.65. The third-order valence-corrected chi connectivity index (χ3v) is 3.07. The van der Waals surface area contributed by atoms with E-state index in [4.69, 9.17) is 4.42 Å². The first-order valence-corrected chi connectivity index (χ1v) is 5.74. The Hall–Kier alpha value is -1.62. The molecule has 1 aliphatic heterocycles. The van der Waals surface area contributed by atoms with Crippen molar-refractivity contribution in [2.24, 2.45) is 0 Å². The van der Waals surface area contributed by atoms with Gasteiger partial charge in [0.15, 0.2) is 12.0 Å². The van der Waals surface area contributed by atoms with E-state index in [1.165, 1.54) is 0 Å². The second-order valence-corrected chi connectivity index (χ2v) is 4.16. The van der Waals surface area contributed by atoms with Gasteiger partial charge in [-0.2, -0.15) is 0 Å². The molecule has 2 heterocycles. The molecule has 5 nitrogen and oxygen atoms in total. The van der Waals surface area contributed by atoms with E-state index in [-0.39, 0.29) is 11.9 Å². The fourth-order valence-electron chi connectivity index (χ4n) is 2.22. The van der Waals surface area contributed by atoms with Gasteiger partial charge in [-0.1, -0.05) is 0 Å². The Labute approximate surface area is 99.8 Å². The summed E-state index contributed by atoms with van der Waals surface area (Å²) >= 11 is 0. The molecule has 0 spiro atoms. The van der Waals surface area contributed by atoms with Crippen LogP contribution >= 0.6 is 0 Å². The summed E-state index contributed by atoms with van der Waals surface area (Å²) in [6.45, 7) is 1.46. The highest BCUT2D eigenvalue weighted by Gasteiger charge is 2.30. The predicted octanol–water partition coefficient (Wildman–Crippen LogP) is 0.802. The van der Waals surface area contributed by atoms with E-state index in [1.807, 2.05) is 0 Å². The second kappa shape index (κ2) is 5.14. The molecule has 0 aromatic carbocycles. The molecule has 0 saturated carbocycles. The molecule has 1 atom stereocenters. The smallest absolute Gasteiger partial charge is 0.237 e. The topological polar surface area (TPSA) is 62.6 Å². The van der Waals surface area contributed by atoms with Gasteiger partial charge in [-0.15, -0.1) is 0 Å². The largest absolute Gasteiger partial charge is 0.457 e. The summed E-state index contributed by atoms with van der Waals surface area (Å²) in [4.78, 5) is 24.2. The lowest BCUT2D eigenvalue weighted by Gasteiger charge is -2.21. The Bertz CT molecular complexity index is 414. The van der Waals surface area contributed by atoms with Crippen LogP contribution in [-0.4, -0.2) is 36.7 Å². The molecule has 5 heteroatoms. The molecule has 17 heavy (non-hydrogen) atoms. The molecule has 1 saturated heterocycles. The van der Waals surface area contributed by atoms with Crippen LogP contribution in [0.2, 0.25) is 0 Å². The van der Waals surface area contributed by atoms with Gasteiger partial charge in [-0.25, -0.2) is 0 Å². The van der Waals surface area contributed by atoms with Crippen molar-refractivity contribution in [3.63, 3.8) is 0 Å². The van der Waals surface area contributed by atoms with Gasteiger partial charge >= 0.3 is 0 Å². The number of carbonyl (C=O) groups is 2. The number of nitrogens with zero attached hydrogens (tertiary/aromatic N) is 1. The minimum absolute atomic E-state index is 0.0460. The highest BCUT2D eigenvalue weighted by atomic mass is 16.3. The van der Waals surface area contributed by atoms with E-state index < -0.39 is 0 Å². The number of likely N-dealkylation sites (tertiary alicyclic amines) is 1. The number of amides is 1. The zero-order valence-corrected chi connectivity index (χ0v) is 9.81. The summed E-state index contributed by atoms with van der Waals surface area (Å²) in [6.07, 6.45) is 2.57. The van der Waals surface area contributed by atoms with Crippen LogP contribution in [0.3, 0.4) is 0 Å². The summed E-state index contributed by atoms with van der Waals surface area (Å²) < 4.78 is 5.32. The molecule has 1 aliphatic rings. The fourth-order valence-corrected chi connectivity index (χ4v) is 2.22. The molecule has 1 unspecified atom stereocenters. The van der Waals surface area contributed by atoms with Crippen LogP contribution in [0.25, 0.3) is 0 Å². The van der Waals surface area contributed by atoms with E-state index in [0.29, 0.717) is 18.6 Å². The molecule has 0 aliphatic carbocycles. The standard InChI is InChI=1S/C12H16N2O3/c1-13-12(16)11-3-2-6-14(11)7-9-4-5-10(8-15)17-9/h4-5,8,11H,2-3,6-7H2,1H3,(H,13,16). The van der Waals surface area contributed by atoms with E-state index in [2.05, 4.69) is 10.2 Å². The second-order valence-electron chi connectivity index (χ2n) is 4.16.